The quantitative estimate of drug-likeness (QED) is 0.0235. The summed E-state index contributed by atoms with van der Waals surface area (Å²) in [6.45, 7) is 3.58. The first-order valence-electron chi connectivity index (χ1n) is 24.2. The van der Waals surface area contributed by atoms with Gasteiger partial charge in [0.1, 0.15) is 30.5 Å². The molecular weight excluding hydrogens is 735 g/mol. The van der Waals surface area contributed by atoms with Crippen LogP contribution in [0, 0.1) is 0 Å². The largest absolute Gasteiger partial charge is 0.394 e. The molecule has 1 heterocycles. The molecule has 1 rings (SSSR count). The molecule has 342 valence electrons. The second kappa shape index (κ2) is 38.5. The lowest BCUT2D eigenvalue weighted by Crippen LogP contribution is -2.60. The number of amides is 1. The number of rotatable bonds is 40. The van der Waals surface area contributed by atoms with Gasteiger partial charge in [-0.05, 0) is 32.1 Å². The fourth-order valence-corrected chi connectivity index (χ4v) is 7.65. The molecule has 1 saturated heterocycles. The summed E-state index contributed by atoms with van der Waals surface area (Å²) >= 11 is 0. The SMILES string of the molecule is CCCCCCCC/C=C/CC/C=C/C(O)C(COC1OC(CO)C(O)C(O)C1O)NC(=O)C(O)CCCCCCCCCCCCCCCCCCCCCCC. The van der Waals surface area contributed by atoms with E-state index >= 15 is 0 Å². The van der Waals surface area contributed by atoms with E-state index in [0.29, 0.717) is 19.3 Å². The zero-order valence-corrected chi connectivity index (χ0v) is 37.2. The average molecular weight is 826 g/mol. The summed E-state index contributed by atoms with van der Waals surface area (Å²) in [6, 6.07) is -0.992. The number of hydrogen-bond acceptors (Lipinski definition) is 9. The smallest absolute Gasteiger partial charge is 0.249 e. The summed E-state index contributed by atoms with van der Waals surface area (Å²) in [4.78, 5) is 13.0. The van der Waals surface area contributed by atoms with Gasteiger partial charge in [0.15, 0.2) is 6.29 Å². The van der Waals surface area contributed by atoms with Crippen molar-refractivity contribution >= 4 is 5.91 Å². The fourth-order valence-electron chi connectivity index (χ4n) is 7.65. The predicted molar refractivity (Wildman–Crippen MR) is 236 cm³/mol. The number of aliphatic hydroxyl groups is 6. The molecule has 0 radical (unpaired) electrons. The molecule has 8 atom stereocenters. The zero-order valence-electron chi connectivity index (χ0n) is 37.2. The molecule has 1 aliphatic heterocycles. The van der Waals surface area contributed by atoms with Crippen LogP contribution in [-0.2, 0) is 14.3 Å². The van der Waals surface area contributed by atoms with Crippen LogP contribution < -0.4 is 5.32 Å². The van der Waals surface area contributed by atoms with Crippen molar-refractivity contribution in [2.45, 2.75) is 262 Å². The molecule has 58 heavy (non-hydrogen) atoms. The highest BCUT2D eigenvalue weighted by molar-refractivity contribution is 5.80. The lowest BCUT2D eigenvalue weighted by molar-refractivity contribution is -0.302. The van der Waals surface area contributed by atoms with E-state index in [1.807, 2.05) is 6.08 Å². The Balaban J connectivity index is 2.34. The minimum Gasteiger partial charge on any atom is -0.394 e. The summed E-state index contributed by atoms with van der Waals surface area (Å²) in [6.07, 6.45) is 35.6. The Hall–Kier alpha value is -1.37. The molecule has 0 spiro atoms. The van der Waals surface area contributed by atoms with Crippen molar-refractivity contribution in [1.82, 2.24) is 5.32 Å². The van der Waals surface area contributed by atoms with Crippen LogP contribution in [0.3, 0.4) is 0 Å². The van der Waals surface area contributed by atoms with Gasteiger partial charge in [0, 0.05) is 0 Å². The van der Waals surface area contributed by atoms with E-state index in [4.69, 9.17) is 9.47 Å². The van der Waals surface area contributed by atoms with E-state index in [-0.39, 0.29) is 6.61 Å². The molecule has 0 aromatic heterocycles. The lowest BCUT2D eigenvalue weighted by Gasteiger charge is -2.40. The molecule has 7 N–H and O–H groups in total. The van der Waals surface area contributed by atoms with Gasteiger partial charge >= 0.3 is 0 Å². The van der Waals surface area contributed by atoms with E-state index in [0.717, 1.165) is 32.1 Å². The zero-order chi connectivity index (χ0) is 42.5. The summed E-state index contributed by atoms with van der Waals surface area (Å²) < 4.78 is 11.1. The molecule has 0 aliphatic carbocycles. The minimum absolute atomic E-state index is 0.308. The van der Waals surface area contributed by atoms with Gasteiger partial charge < -0.3 is 45.4 Å². The van der Waals surface area contributed by atoms with Crippen LogP contribution in [-0.4, -0.2) is 98.7 Å². The molecule has 1 amide bonds. The van der Waals surface area contributed by atoms with E-state index in [1.54, 1.807) is 6.08 Å². The molecular formula is C48H91NO9. The second-order valence-electron chi connectivity index (χ2n) is 17.0. The molecule has 10 heteroatoms. The number of carbonyl (C=O) groups is 1. The number of allylic oxidation sites excluding steroid dienone is 3. The van der Waals surface area contributed by atoms with Gasteiger partial charge in [-0.1, -0.05) is 205 Å². The van der Waals surface area contributed by atoms with Crippen LogP contribution in [0.5, 0.6) is 0 Å². The topological polar surface area (TPSA) is 169 Å². The van der Waals surface area contributed by atoms with Gasteiger partial charge in [0.25, 0.3) is 0 Å². The van der Waals surface area contributed by atoms with Gasteiger partial charge in [-0.2, -0.15) is 0 Å². The van der Waals surface area contributed by atoms with Crippen LogP contribution in [0.2, 0.25) is 0 Å². The van der Waals surface area contributed by atoms with E-state index in [9.17, 15) is 35.4 Å². The van der Waals surface area contributed by atoms with E-state index in [1.165, 1.54) is 148 Å². The van der Waals surface area contributed by atoms with Crippen LogP contribution >= 0.6 is 0 Å². The van der Waals surface area contributed by atoms with Crippen molar-refractivity contribution in [2.75, 3.05) is 13.2 Å². The first-order valence-corrected chi connectivity index (χ1v) is 24.2. The number of nitrogens with one attached hydrogen (secondary N) is 1. The third kappa shape index (κ3) is 28.2. The van der Waals surface area contributed by atoms with Gasteiger partial charge in [0.2, 0.25) is 5.91 Å². The normalized spacial score (nSPS) is 21.6. The Morgan fingerprint density at radius 2 is 1.02 bits per heavy atom. The summed E-state index contributed by atoms with van der Waals surface area (Å²) in [5, 5.41) is 64.6. The maximum absolute atomic E-state index is 13.0. The number of ether oxygens (including phenoxy) is 2. The minimum atomic E-state index is -1.61. The molecule has 10 nitrogen and oxygen atoms in total. The monoisotopic (exact) mass is 826 g/mol. The number of aliphatic hydroxyl groups excluding tert-OH is 6. The average Bonchev–Trinajstić information content (AvgIpc) is 3.22. The molecule has 1 aliphatic rings. The fraction of sp³-hybridized carbons (Fsp3) is 0.896. The molecule has 8 unspecified atom stereocenters. The van der Waals surface area contributed by atoms with Crippen LogP contribution in [0.25, 0.3) is 0 Å². The number of carbonyl (C=O) groups excluding carboxylic acids is 1. The van der Waals surface area contributed by atoms with Crippen molar-refractivity contribution in [3.05, 3.63) is 24.3 Å². The Morgan fingerprint density at radius 1 is 0.586 bits per heavy atom. The Kier molecular flexibility index (Phi) is 36.3. The van der Waals surface area contributed by atoms with Gasteiger partial charge in [-0.3, -0.25) is 4.79 Å². The highest BCUT2D eigenvalue weighted by atomic mass is 16.7. The molecule has 0 aromatic carbocycles. The second-order valence-corrected chi connectivity index (χ2v) is 17.0. The van der Waals surface area contributed by atoms with Crippen molar-refractivity contribution < 1.29 is 44.9 Å². The van der Waals surface area contributed by atoms with Crippen LogP contribution in [0.4, 0.5) is 0 Å². The maximum Gasteiger partial charge on any atom is 0.249 e. The molecule has 0 saturated carbocycles. The summed E-state index contributed by atoms with van der Waals surface area (Å²) in [7, 11) is 0. The van der Waals surface area contributed by atoms with Crippen LogP contribution in [0.15, 0.2) is 24.3 Å². The number of unbranched alkanes of at least 4 members (excludes halogenated alkanes) is 27. The first-order chi connectivity index (χ1) is 28.3. The Morgan fingerprint density at radius 3 is 1.50 bits per heavy atom. The summed E-state index contributed by atoms with van der Waals surface area (Å²) in [5.74, 6) is -0.624. The molecule has 0 bridgehead atoms. The molecule has 0 aromatic rings. The van der Waals surface area contributed by atoms with Gasteiger partial charge in [-0.25, -0.2) is 0 Å². The molecule has 1 fully saturated rings. The van der Waals surface area contributed by atoms with Crippen molar-refractivity contribution in [1.29, 1.82) is 0 Å². The third-order valence-corrected chi connectivity index (χ3v) is 11.6. The third-order valence-electron chi connectivity index (χ3n) is 11.6. The van der Waals surface area contributed by atoms with Crippen molar-refractivity contribution in [3.63, 3.8) is 0 Å². The number of hydrogen-bond donors (Lipinski definition) is 7. The van der Waals surface area contributed by atoms with Crippen molar-refractivity contribution in [2.24, 2.45) is 0 Å². The van der Waals surface area contributed by atoms with Crippen molar-refractivity contribution in [3.8, 4) is 0 Å². The first kappa shape index (κ1) is 54.6. The maximum atomic E-state index is 13.0. The van der Waals surface area contributed by atoms with Gasteiger partial charge in [0.05, 0.1) is 25.4 Å². The van der Waals surface area contributed by atoms with Crippen LogP contribution in [0.1, 0.15) is 213 Å². The predicted octanol–water partition coefficient (Wildman–Crippen LogP) is 9.25. The van der Waals surface area contributed by atoms with E-state index < -0.39 is 61.5 Å². The Labute approximate surface area is 354 Å². The lowest BCUT2D eigenvalue weighted by atomic mass is 9.99. The standard InChI is InChI=1S/C48H91NO9/c1-3-5-7-9-11-13-15-17-18-19-20-21-22-23-24-25-27-29-31-33-35-37-42(52)47(56)49-40(39-57-48-46(55)45(54)44(53)43(38-50)58-48)41(51)36-34-32-30-28-26-16-14-12-10-8-6-4-2/h26,28,34,36,40-46,48,50-55H,3-25,27,29-33,35,37-39H2,1-2H3,(H,49,56)/b28-26+,36-34+. The highest BCUT2D eigenvalue weighted by Gasteiger charge is 2.44. The highest BCUT2D eigenvalue weighted by Crippen LogP contribution is 2.23. The van der Waals surface area contributed by atoms with Gasteiger partial charge in [-0.15, -0.1) is 0 Å². The Bertz CT molecular complexity index is 979. The van der Waals surface area contributed by atoms with E-state index in [2.05, 4.69) is 31.3 Å². The summed E-state index contributed by atoms with van der Waals surface area (Å²) in [5.41, 5.74) is 0.